The highest BCUT2D eigenvalue weighted by atomic mass is 16.6. The van der Waals surface area contributed by atoms with Gasteiger partial charge in [0.05, 0.1) is 0 Å². The first-order valence-electron chi connectivity index (χ1n) is 6.35. The van der Waals surface area contributed by atoms with Crippen LogP contribution < -0.4 is 5.32 Å². The van der Waals surface area contributed by atoms with Crippen LogP contribution in [0.4, 0.5) is 5.69 Å². The van der Waals surface area contributed by atoms with Gasteiger partial charge in [0.15, 0.2) is 12.2 Å². The summed E-state index contributed by atoms with van der Waals surface area (Å²) in [6, 6.07) is 9.03. The van der Waals surface area contributed by atoms with E-state index in [4.69, 9.17) is 9.47 Å². The van der Waals surface area contributed by atoms with E-state index in [9.17, 15) is 9.59 Å². The molecule has 1 aromatic carbocycles. The minimum atomic E-state index is -0.836. The number of carbonyl (C=O) groups is 2. The van der Waals surface area contributed by atoms with Crippen LogP contribution in [0.25, 0.3) is 0 Å². The Hall–Kier alpha value is -1.88. The predicted octanol–water partition coefficient (Wildman–Crippen LogP) is 1.74. The molecule has 1 N–H and O–H groups in total. The summed E-state index contributed by atoms with van der Waals surface area (Å²) in [5.41, 5.74) is 0.674. The van der Waals surface area contributed by atoms with E-state index in [1.54, 1.807) is 19.1 Å². The normalized spacial score (nSPS) is 19.7. The van der Waals surface area contributed by atoms with Gasteiger partial charge in [-0.1, -0.05) is 18.2 Å². The summed E-state index contributed by atoms with van der Waals surface area (Å²) in [6.07, 6.45) is 0.153. The lowest BCUT2D eigenvalue weighted by atomic mass is 10.2. The highest BCUT2D eigenvalue weighted by Crippen LogP contribution is 2.14. The number of rotatable bonds is 4. The molecule has 5 nitrogen and oxygen atoms in total. The molecule has 0 saturated carbocycles. The Morgan fingerprint density at radius 1 is 1.37 bits per heavy atom. The Labute approximate surface area is 111 Å². The molecule has 1 fully saturated rings. The Bertz CT molecular complexity index is 440. The fourth-order valence-corrected chi connectivity index (χ4v) is 1.83. The van der Waals surface area contributed by atoms with Gasteiger partial charge < -0.3 is 14.8 Å². The lowest BCUT2D eigenvalue weighted by Gasteiger charge is -2.15. The molecule has 0 aromatic heterocycles. The Kier molecular flexibility index (Phi) is 4.52. The third-order valence-corrected chi connectivity index (χ3v) is 2.90. The van der Waals surface area contributed by atoms with Crippen LogP contribution in [-0.2, 0) is 19.1 Å². The molecule has 0 radical (unpaired) electrons. The van der Waals surface area contributed by atoms with Gasteiger partial charge in [0.25, 0.3) is 5.91 Å². The number of carbonyl (C=O) groups excluding carboxylic acids is 2. The maximum atomic E-state index is 11.8. The molecular formula is C14H17NO4. The van der Waals surface area contributed by atoms with E-state index >= 15 is 0 Å². The van der Waals surface area contributed by atoms with Crippen LogP contribution in [0.3, 0.4) is 0 Å². The number of anilines is 1. The molecule has 1 aliphatic rings. The van der Waals surface area contributed by atoms with E-state index in [1.807, 2.05) is 18.2 Å². The number of ether oxygens (including phenoxy) is 2. The zero-order valence-corrected chi connectivity index (χ0v) is 10.8. The van der Waals surface area contributed by atoms with Crippen LogP contribution in [0.1, 0.15) is 19.8 Å². The van der Waals surface area contributed by atoms with Crippen LogP contribution in [0.15, 0.2) is 30.3 Å². The fourth-order valence-electron chi connectivity index (χ4n) is 1.83. The average Bonchev–Trinajstić information content (AvgIpc) is 2.93. The minimum absolute atomic E-state index is 0.349. The van der Waals surface area contributed by atoms with Crippen molar-refractivity contribution >= 4 is 17.6 Å². The lowest BCUT2D eigenvalue weighted by Crippen LogP contribution is -2.33. The summed E-state index contributed by atoms with van der Waals surface area (Å²) in [5.74, 6) is -0.814. The van der Waals surface area contributed by atoms with Gasteiger partial charge in [-0.2, -0.15) is 0 Å². The van der Waals surface area contributed by atoms with E-state index in [-0.39, 0.29) is 5.91 Å². The Morgan fingerprint density at radius 2 is 2.11 bits per heavy atom. The van der Waals surface area contributed by atoms with Crippen molar-refractivity contribution in [2.45, 2.75) is 32.0 Å². The van der Waals surface area contributed by atoms with Gasteiger partial charge in [0, 0.05) is 12.3 Å². The third kappa shape index (κ3) is 3.79. The zero-order chi connectivity index (χ0) is 13.7. The SMILES string of the molecule is C[C@@H](OC(=O)[C@@H]1CCCO1)C(=O)Nc1ccccc1. The Morgan fingerprint density at radius 3 is 2.74 bits per heavy atom. The quantitative estimate of drug-likeness (QED) is 0.840. The second-order valence-electron chi connectivity index (χ2n) is 4.44. The van der Waals surface area contributed by atoms with E-state index in [0.717, 1.165) is 6.42 Å². The molecule has 0 bridgehead atoms. The average molecular weight is 263 g/mol. The monoisotopic (exact) mass is 263 g/mol. The largest absolute Gasteiger partial charge is 0.451 e. The van der Waals surface area contributed by atoms with Gasteiger partial charge in [-0.05, 0) is 31.9 Å². The van der Waals surface area contributed by atoms with Crippen molar-refractivity contribution in [1.82, 2.24) is 0 Å². The molecule has 0 aliphatic carbocycles. The van der Waals surface area contributed by atoms with E-state index in [1.165, 1.54) is 0 Å². The summed E-state index contributed by atoms with van der Waals surface area (Å²) in [6.45, 7) is 2.12. The molecule has 0 unspecified atom stereocenters. The molecule has 1 aliphatic heterocycles. The smallest absolute Gasteiger partial charge is 0.336 e. The molecular weight excluding hydrogens is 246 g/mol. The highest BCUT2D eigenvalue weighted by molar-refractivity contribution is 5.95. The van der Waals surface area contributed by atoms with E-state index in [2.05, 4.69) is 5.32 Å². The van der Waals surface area contributed by atoms with Crippen LogP contribution in [-0.4, -0.2) is 30.7 Å². The summed E-state index contributed by atoms with van der Waals surface area (Å²) < 4.78 is 10.3. The van der Waals surface area contributed by atoms with Crippen molar-refractivity contribution in [2.75, 3.05) is 11.9 Å². The second-order valence-corrected chi connectivity index (χ2v) is 4.44. The van der Waals surface area contributed by atoms with Crippen molar-refractivity contribution < 1.29 is 19.1 Å². The van der Waals surface area contributed by atoms with Crippen LogP contribution in [0, 0.1) is 0 Å². The summed E-state index contributed by atoms with van der Waals surface area (Å²) in [4.78, 5) is 23.5. The number of esters is 1. The molecule has 1 saturated heterocycles. The third-order valence-electron chi connectivity index (χ3n) is 2.90. The summed E-state index contributed by atoms with van der Waals surface area (Å²) >= 11 is 0. The number of nitrogens with one attached hydrogen (secondary N) is 1. The molecule has 5 heteroatoms. The number of hydrogen-bond donors (Lipinski definition) is 1. The van der Waals surface area contributed by atoms with Gasteiger partial charge in [-0.3, -0.25) is 4.79 Å². The number of benzene rings is 1. The van der Waals surface area contributed by atoms with Crippen molar-refractivity contribution in [3.8, 4) is 0 Å². The standard InChI is InChI=1S/C14H17NO4/c1-10(19-14(17)12-8-5-9-18-12)13(16)15-11-6-3-2-4-7-11/h2-4,6-7,10,12H,5,8-9H2,1H3,(H,15,16)/t10-,12+/m1/s1. The first-order valence-corrected chi connectivity index (χ1v) is 6.35. The molecule has 1 aromatic rings. The van der Waals surface area contributed by atoms with Crippen molar-refractivity contribution in [2.24, 2.45) is 0 Å². The first-order chi connectivity index (χ1) is 9.16. The Balaban J connectivity index is 1.83. The van der Waals surface area contributed by atoms with Crippen LogP contribution >= 0.6 is 0 Å². The topological polar surface area (TPSA) is 64.6 Å². The summed E-state index contributed by atoms with van der Waals surface area (Å²) in [5, 5.41) is 2.68. The lowest BCUT2D eigenvalue weighted by molar-refractivity contribution is -0.162. The van der Waals surface area contributed by atoms with Gasteiger partial charge >= 0.3 is 5.97 Å². The van der Waals surface area contributed by atoms with Gasteiger partial charge in [-0.25, -0.2) is 4.79 Å². The van der Waals surface area contributed by atoms with Gasteiger partial charge in [-0.15, -0.1) is 0 Å². The second kappa shape index (κ2) is 6.33. The molecule has 0 spiro atoms. The maximum absolute atomic E-state index is 11.8. The molecule has 2 rings (SSSR count). The number of para-hydroxylation sites is 1. The fraction of sp³-hybridized carbons (Fsp3) is 0.429. The minimum Gasteiger partial charge on any atom is -0.451 e. The molecule has 102 valence electrons. The first kappa shape index (κ1) is 13.5. The highest BCUT2D eigenvalue weighted by Gasteiger charge is 2.28. The van der Waals surface area contributed by atoms with Crippen LogP contribution in [0.5, 0.6) is 0 Å². The molecule has 1 heterocycles. The molecule has 2 atom stereocenters. The van der Waals surface area contributed by atoms with Crippen molar-refractivity contribution in [3.63, 3.8) is 0 Å². The number of hydrogen-bond acceptors (Lipinski definition) is 4. The predicted molar refractivity (Wildman–Crippen MR) is 69.6 cm³/mol. The zero-order valence-electron chi connectivity index (χ0n) is 10.8. The maximum Gasteiger partial charge on any atom is 0.336 e. The molecule has 19 heavy (non-hydrogen) atoms. The van der Waals surface area contributed by atoms with E-state index in [0.29, 0.717) is 18.7 Å². The van der Waals surface area contributed by atoms with Crippen molar-refractivity contribution in [3.05, 3.63) is 30.3 Å². The van der Waals surface area contributed by atoms with Crippen LogP contribution in [0.2, 0.25) is 0 Å². The van der Waals surface area contributed by atoms with Gasteiger partial charge in [0.2, 0.25) is 0 Å². The van der Waals surface area contributed by atoms with Crippen molar-refractivity contribution in [1.29, 1.82) is 0 Å². The van der Waals surface area contributed by atoms with Gasteiger partial charge in [0.1, 0.15) is 0 Å². The number of amides is 1. The van der Waals surface area contributed by atoms with E-state index < -0.39 is 18.2 Å². The summed E-state index contributed by atoms with van der Waals surface area (Å²) in [7, 11) is 0. The molecule has 1 amide bonds.